The molecule has 0 saturated carbocycles. The van der Waals surface area contributed by atoms with Gasteiger partial charge in [0.1, 0.15) is 0 Å². The Labute approximate surface area is 239 Å². The van der Waals surface area contributed by atoms with E-state index in [4.69, 9.17) is 4.18 Å². The molecule has 0 rings (SSSR count). The lowest BCUT2D eigenvalue weighted by Gasteiger charge is -2.10. The van der Waals surface area contributed by atoms with Crippen LogP contribution in [0.3, 0.4) is 0 Å². The third kappa shape index (κ3) is 32.0. The van der Waals surface area contributed by atoms with Gasteiger partial charge in [-0.15, -0.1) is 0 Å². The van der Waals surface area contributed by atoms with Crippen molar-refractivity contribution in [3.05, 3.63) is 0 Å². The van der Waals surface area contributed by atoms with E-state index in [0.29, 0.717) is 12.8 Å². The molecule has 0 saturated heterocycles. The smallest absolute Gasteiger partial charge is 0.299 e. The van der Waals surface area contributed by atoms with Gasteiger partial charge in [0.05, 0.1) is 6.61 Å². The lowest BCUT2D eigenvalue weighted by Crippen LogP contribution is -2.19. The highest BCUT2D eigenvalue weighted by atomic mass is 32.2. The third-order valence-corrected chi connectivity index (χ3v) is 8.45. The molecule has 0 radical (unpaired) electrons. The van der Waals surface area contributed by atoms with Crippen LogP contribution in [0.4, 0.5) is 4.39 Å². The van der Waals surface area contributed by atoms with Crippen molar-refractivity contribution >= 4 is 10.1 Å². The van der Waals surface area contributed by atoms with Crippen LogP contribution in [0.1, 0.15) is 181 Å². The number of alkyl halides is 1. The summed E-state index contributed by atoms with van der Waals surface area (Å²) in [5, 5.41) is 2.75. The van der Waals surface area contributed by atoms with Gasteiger partial charge in [-0.3, -0.25) is 4.18 Å². The molecular weight excluding hydrogens is 497 g/mol. The highest BCUT2D eigenvalue weighted by Crippen LogP contribution is 2.18. The van der Waals surface area contributed by atoms with E-state index in [0.717, 1.165) is 32.1 Å². The van der Waals surface area contributed by atoms with Crippen molar-refractivity contribution < 1.29 is 17.0 Å². The lowest BCUT2D eigenvalue weighted by molar-refractivity contribution is 0.270. The zero-order valence-corrected chi connectivity index (χ0v) is 27.0. The maximum atomic E-state index is 14.0. The van der Waals surface area contributed by atoms with Crippen LogP contribution in [-0.2, 0) is 14.3 Å². The van der Waals surface area contributed by atoms with Crippen molar-refractivity contribution in [3.63, 3.8) is 0 Å². The Morgan fingerprint density at radius 3 is 1.11 bits per heavy atom. The summed E-state index contributed by atoms with van der Waals surface area (Å²) in [6.07, 6.45) is 30.8. The fourth-order valence-electron chi connectivity index (χ4n) is 4.66. The SMILES string of the molecule is CCCCCCCCCCCCCCCCCCCCOS(=O)(=O)C(F)CCCCCCCCC.CNC. The fourth-order valence-corrected chi connectivity index (χ4v) is 5.61. The summed E-state index contributed by atoms with van der Waals surface area (Å²) in [4.78, 5) is 0. The zero-order valence-electron chi connectivity index (χ0n) is 26.2. The van der Waals surface area contributed by atoms with Crippen molar-refractivity contribution in [1.82, 2.24) is 5.32 Å². The predicted molar refractivity (Wildman–Crippen MR) is 166 cm³/mol. The van der Waals surface area contributed by atoms with Crippen molar-refractivity contribution in [2.75, 3.05) is 20.7 Å². The second kappa shape index (κ2) is 33.0. The van der Waals surface area contributed by atoms with Gasteiger partial charge in [0.25, 0.3) is 10.1 Å². The molecule has 232 valence electrons. The molecule has 0 fully saturated rings. The Hall–Kier alpha value is -0.200. The van der Waals surface area contributed by atoms with Crippen molar-refractivity contribution in [1.29, 1.82) is 0 Å². The molecule has 0 aliphatic carbocycles. The van der Waals surface area contributed by atoms with Crippen LogP contribution in [0, 0.1) is 0 Å². The zero-order chi connectivity index (χ0) is 28.6. The Bertz CT molecular complexity index is 531. The van der Waals surface area contributed by atoms with Crippen LogP contribution in [0.25, 0.3) is 0 Å². The molecule has 0 amide bonds. The van der Waals surface area contributed by atoms with E-state index in [1.165, 1.54) is 116 Å². The lowest BCUT2D eigenvalue weighted by atomic mass is 10.0. The Balaban J connectivity index is 0. The summed E-state index contributed by atoms with van der Waals surface area (Å²) in [6, 6.07) is 0. The summed E-state index contributed by atoms with van der Waals surface area (Å²) in [5.74, 6) is 0. The maximum absolute atomic E-state index is 14.0. The Morgan fingerprint density at radius 1 is 0.526 bits per heavy atom. The first-order valence-corrected chi connectivity index (χ1v) is 18.0. The number of nitrogens with one attached hydrogen (secondary N) is 1. The third-order valence-electron chi connectivity index (χ3n) is 7.09. The molecule has 0 aliphatic heterocycles. The van der Waals surface area contributed by atoms with E-state index in [-0.39, 0.29) is 13.0 Å². The molecule has 1 N–H and O–H groups in total. The average molecular weight is 566 g/mol. The molecular formula is C32H68FNO3S. The van der Waals surface area contributed by atoms with Gasteiger partial charge in [0.2, 0.25) is 5.50 Å². The molecule has 0 spiro atoms. The molecule has 38 heavy (non-hydrogen) atoms. The van der Waals surface area contributed by atoms with Gasteiger partial charge in [0.15, 0.2) is 0 Å². The molecule has 6 heteroatoms. The van der Waals surface area contributed by atoms with E-state index < -0.39 is 15.6 Å². The minimum atomic E-state index is -4.05. The van der Waals surface area contributed by atoms with Gasteiger partial charge >= 0.3 is 0 Å². The average Bonchev–Trinajstić information content (AvgIpc) is 2.89. The molecule has 0 aromatic heterocycles. The molecule has 4 nitrogen and oxygen atoms in total. The van der Waals surface area contributed by atoms with Gasteiger partial charge in [-0.25, -0.2) is 4.39 Å². The van der Waals surface area contributed by atoms with Crippen LogP contribution in [0.15, 0.2) is 0 Å². The second-order valence-electron chi connectivity index (χ2n) is 11.1. The monoisotopic (exact) mass is 565 g/mol. The van der Waals surface area contributed by atoms with E-state index in [1.54, 1.807) is 0 Å². The van der Waals surface area contributed by atoms with Crippen molar-refractivity contribution in [3.8, 4) is 0 Å². The summed E-state index contributed by atoms with van der Waals surface area (Å²) in [7, 11) is -0.301. The highest BCUT2D eigenvalue weighted by molar-refractivity contribution is 7.87. The molecule has 1 atom stereocenters. The van der Waals surface area contributed by atoms with E-state index in [9.17, 15) is 12.8 Å². The first-order chi connectivity index (χ1) is 18.5. The quantitative estimate of drug-likeness (QED) is 0.0724. The summed E-state index contributed by atoms with van der Waals surface area (Å²) in [5.41, 5.74) is -1.87. The van der Waals surface area contributed by atoms with Gasteiger partial charge in [0, 0.05) is 0 Å². The molecule has 0 aliphatic rings. The molecule has 0 heterocycles. The van der Waals surface area contributed by atoms with Gasteiger partial charge in [-0.1, -0.05) is 162 Å². The summed E-state index contributed by atoms with van der Waals surface area (Å²) >= 11 is 0. The highest BCUT2D eigenvalue weighted by Gasteiger charge is 2.25. The molecule has 1 unspecified atom stereocenters. The maximum Gasteiger partial charge on any atom is 0.299 e. The van der Waals surface area contributed by atoms with Gasteiger partial charge < -0.3 is 5.32 Å². The first-order valence-electron chi connectivity index (χ1n) is 16.6. The second-order valence-corrected chi connectivity index (χ2v) is 12.9. The Morgan fingerprint density at radius 2 is 0.789 bits per heavy atom. The molecule has 0 aromatic carbocycles. The number of halogens is 1. The van der Waals surface area contributed by atoms with Crippen LogP contribution < -0.4 is 5.32 Å². The standard InChI is InChI=1S/C30H61FO3S.C2H7N/c1-3-5-7-9-11-12-13-14-15-16-17-18-19-20-21-23-25-27-29-34-35(32,33)30(31)28-26-24-22-10-8-6-4-2;1-3-2/h30H,3-29H2,1-2H3;3H,1-2H3. The van der Waals surface area contributed by atoms with Gasteiger partial charge in [-0.2, -0.15) is 8.42 Å². The van der Waals surface area contributed by atoms with Crippen LogP contribution in [-0.4, -0.2) is 34.6 Å². The Kier molecular flexibility index (Phi) is 34.7. The summed E-state index contributed by atoms with van der Waals surface area (Å²) in [6.45, 7) is 4.58. The van der Waals surface area contributed by atoms with Crippen LogP contribution >= 0.6 is 0 Å². The number of hydrogen-bond acceptors (Lipinski definition) is 4. The van der Waals surface area contributed by atoms with Crippen LogP contribution in [0.5, 0.6) is 0 Å². The molecule has 0 aromatic rings. The normalized spacial score (nSPS) is 12.3. The minimum Gasteiger partial charge on any atom is -0.323 e. The van der Waals surface area contributed by atoms with Crippen molar-refractivity contribution in [2.24, 2.45) is 0 Å². The minimum absolute atomic E-state index is 0.0647. The first kappa shape index (κ1) is 39.9. The number of hydrogen-bond donors (Lipinski definition) is 1. The number of unbranched alkanes of at least 4 members (excludes halogenated alkanes) is 23. The van der Waals surface area contributed by atoms with Crippen molar-refractivity contribution in [2.45, 2.75) is 186 Å². The summed E-state index contributed by atoms with van der Waals surface area (Å²) < 4.78 is 42.8. The largest absolute Gasteiger partial charge is 0.323 e. The topological polar surface area (TPSA) is 55.4 Å². The van der Waals surface area contributed by atoms with E-state index in [1.807, 2.05) is 14.1 Å². The number of rotatable bonds is 29. The fraction of sp³-hybridized carbons (Fsp3) is 1.00. The van der Waals surface area contributed by atoms with E-state index >= 15 is 0 Å². The van der Waals surface area contributed by atoms with Gasteiger partial charge in [-0.05, 0) is 33.4 Å². The predicted octanol–water partition coefficient (Wildman–Crippen LogP) is 10.6. The molecule has 0 bridgehead atoms. The van der Waals surface area contributed by atoms with E-state index in [2.05, 4.69) is 19.2 Å². The van der Waals surface area contributed by atoms with Crippen LogP contribution in [0.2, 0.25) is 0 Å².